The van der Waals surface area contributed by atoms with Gasteiger partial charge in [0.15, 0.2) is 5.16 Å². The SMILES string of the molecule is COc1ccc(/C=N\NC(=O)c2cc(O)cc(O)c2)cc1CSc1nc(C)cc(C(F)F)n1. The lowest BCUT2D eigenvalue weighted by molar-refractivity contribution is 0.0954. The van der Waals surface area contributed by atoms with Gasteiger partial charge < -0.3 is 14.9 Å². The van der Waals surface area contributed by atoms with E-state index in [4.69, 9.17) is 4.74 Å². The van der Waals surface area contributed by atoms with E-state index in [1.165, 1.54) is 43.3 Å². The number of aromatic hydroxyl groups is 2. The van der Waals surface area contributed by atoms with Crippen LogP contribution >= 0.6 is 11.8 Å². The van der Waals surface area contributed by atoms with Crippen molar-refractivity contribution >= 4 is 23.9 Å². The van der Waals surface area contributed by atoms with Crippen LogP contribution in [0.25, 0.3) is 0 Å². The summed E-state index contributed by atoms with van der Waals surface area (Å²) in [6.45, 7) is 1.63. The number of hydrazone groups is 1. The molecule has 3 rings (SSSR count). The van der Waals surface area contributed by atoms with Gasteiger partial charge >= 0.3 is 0 Å². The molecule has 1 amide bonds. The molecule has 0 atom stereocenters. The number of ether oxygens (including phenoxy) is 1. The molecule has 3 N–H and O–H groups in total. The number of halogens is 2. The van der Waals surface area contributed by atoms with E-state index in [0.717, 1.165) is 11.6 Å². The first-order valence-electron chi connectivity index (χ1n) is 9.55. The minimum Gasteiger partial charge on any atom is -0.508 e. The number of amides is 1. The predicted octanol–water partition coefficient (Wildman–Crippen LogP) is 4.20. The quantitative estimate of drug-likeness (QED) is 0.194. The molecule has 0 fully saturated rings. The van der Waals surface area contributed by atoms with Gasteiger partial charge in [0.25, 0.3) is 12.3 Å². The minimum atomic E-state index is -2.68. The maximum absolute atomic E-state index is 13.0. The molecular weight excluding hydrogens is 454 g/mol. The van der Waals surface area contributed by atoms with E-state index < -0.39 is 12.3 Å². The first kappa shape index (κ1) is 23.9. The zero-order valence-corrected chi connectivity index (χ0v) is 18.4. The van der Waals surface area contributed by atoms with Gasteiger partial charge in [0.1, 0.15) is 22.9 Å². The molecule has 0 saturated heterocycles. The molecule has 0 aliphatic heterocycles. The lowest BCUT2D eigenvalue weighted by Crippen LogP contribution is -2.17. The molecule has 11 heteroatoms. The molecular formula is C22H20F2N4O4S. The van der Waals surface area contributed by atoms with E-state index >= 15 is 0 Å². The fraction of sp³-hybridized carbons (Fsp3) is 0.182. The number of aromatic nitrogens is 2. The number of hydrogen-bond acceptors (Lipinski definition) is 8. The number of thioether (sulfide) groups is 1. The zero-order valence-electron chi connectivity index (χ0n) is 17.6. The fourth-order valence-corrected chi connectivity index (χ4v) is 3.72. The van der Waals surface area contributed by atoms with Crippen molar-refractivity contribution in [2.24, 2.45) is 5.10 Å². The van der Waals surface area contributed by atoms with Crippen molar-refractivity contribution in [3.63, 3.8) is 0 Å². The standard InChI is InChI=1S/C22H20F2N4O4S/c1-12-5-18(20(23)24)27-22(26-12)33-11-15-6-13(3-4-19(15)32-2)10-25-28-21(31)14-7-16(29)9-17(30)8-14/h3-10,20,29-30H,11H2,1-2H3,(H,28,31)/b25-10-. The highest BCUT2D eigenvalue weighted by Gasteiger charge is 2.13. The number of phenolic OH excluding ortho intramolecular Hbond substituents is 2. The highest BCUT2D eigenvalue weighted by atomic mass is 32.2. The van der Waals surface area contributed by atoms with Crippen LogP contribution in [0.4, 0.5) is 8.78 Å². The molecule has 0 unspecified atom stereocenters. The number of nitrogens with zero attached hydrogens (tertiary/aromatic N) is 3. The van der Waals surface area contributed by atoms with Crippen LogP contribution in [-0.4, -0.2) is 39.4 Å². The van der Waals surface area contributed by atoms with Crippen molar-refractivity contribution in [3.8, 4) is 17.2 Å². The Morgan fingerprint density at radius 1 is 1.18 bits per heavy atom. The normalized spacial score (nSPS) is 11.2. The first-order chi connectivity index (χ1) is 15.7. The Kier molecular flexibility index (Phi) is 7.78. The lowest BCUT2D eigenvalue weighted by Gasteiger charge is -2.10. The predicted molar refractivity (Wildman–Crippen MR) is 119 cm³/mol. The third kappa shape index (κ3) is 6.62. The number of phenols is 2. The molecule has 0 bridgehead atoms. The highest BCUT2D eigenvalue weighted by Crippen LogP contribution is 2.28. The number of rotatable bonds is 8. The molecule has 172 valence electrons. The Hall–Kier alpha value is -3.73. The number of methoxy groups -OCH3 is 1. The topological polar surface area (TPSA) is 117 Å². The van der Waals surface area contributed by atoms with Crippen LogP contribution in [-0.2, 0) is 5.75 Å². The molecule has 1 aromatic heterocycles. The molecule has 0 radical (unpaired) electrons. The van der Waals surface area contributed by atoms with Gasteiger partial charge in [-0.05, 0) is 48.9 Å². The number of carbonyl (C=O) groups excluding carboxylic acids is 1. The summed E-state index contributed by atoms with van der Waals surface area (Å²) in [7, 11) is 1.51. The van der Waals surface area contributed by atoms with Crippen molar-refractivity contribution in [2.45, 2.75) is 24.3 Å². The van der Waals surface area contributed by atoms with Crippen LogP contribution in [0.2, 0.25) is 0 Å². The summed E-state index contributed by atoms with van der Waals surface area (Å²) >= 11 is 1.19. The molecule has 33 heavy (non-hydrogen) atoms. The van der Waals surface area contributed by atoms with Gasteiger partial charge in [0, 0.05) is 28.6 Å². The van der Waals surface area contributed by atoms with Crippen LogP contribution in [0.1, 0.15) is 39.3 Å². The second-order valence-electron chi connectivity index (χ2n) is 6.81. The summed E-state index contributed by atoms with van der Waals surface area (Å²) in [6.07, 6.45) is -1.27. The summed E-state index contributed by atoms with van der Waals surface area (Å²) in [5.41, 5.74) is 3.87. The van der Waals surface area contributed by atoms with Gasteiger partial charge in [0.2, 0.25) is 0 Å². The molecule has 3 aromatic rings. The fourth-order valence-electron chi connectivity index (χ4n) is 2.83. The van der Waals surface area contributed by atoms with Crippen molar-refractivity contribution in [1.29, 1.82) is 0 Å². The van der Waals surface area contributed by atoms with Gasteiger partial charge in [-0.25, -0.2) is 24.2 Å². The Bertz CT molecular complexity index is 1170. The Labute approximate surface area is 192 Å². The largest absolute Gasteiger partial charge is 0.508 e. The number of alkyl halides is 2. The van der Waals surface area contributed by atoms with Gasteiger partial charge in [-0.15, -0.1) is 0 Å². The summed E-state index contributed by atoms with van der Waals surface area (Å²) < 4.78 is 31.4. The van der Waals surface area contributed by atoms with Gasteiger partial charge in [-0.1, -0.05) is 11.8 Å². The van der Waals surface area contributed by atoms with E-state index in [2.05, 4.69) is 20.5 Å². The summed E-state index contributed by atoms with van der Waals surface area (Å²) in [5, 5.41) is 23.1. The first-order valence-corrected chi connectivity index (χ1v) is 10.5. The maximum atomic E-state index is 13.0. The van der Waals surface area contributed by atoms with Crippen LogP contribution in [0.3, 0.4) is 0 Å². The van der Waals surface area contributed by atoms with Crippen LogP contribution in [0.15, 0.2) is 52.7 Å². The van der Waals surface area contributed by atoms with Crippen LogP contribution in [0, 0.1) is 6.92 Å². The smallest absolute Gasteiger partial charge is 0.280 e. The third-order valence-electron chi connectivity index (χ3n) is 4.28. The summed E-state index contributed by atoms with van der Waals surface area (Å²) in [5.74, 6) is -0.181. The lowest BCUT2D eigenvalue weighted by atomic mass is 10.1. The Morgan fingerprint density at radius 2 is 1.91 bits per heavy atom. The number of nitrogens with one attached hydrogen (secondary N) is 1. The van der Waals surface area contributed by atoms with E-state index in [1.807, 2.05) is 0 Å². The van der Waals surface area contributed by atoms with E-state index in [0.29, 0.717) is 22.8 Å². The van der Waals surface area contributed by atoms with Crippen LogP contribution in [0.5, 0.6) is 17.2 Å². The summed E-state index contributed by atoms with van der Waals surface area (Å²) in [4.78, 5) is 20.2. The average Bonchev–Trinajstić information content (AvgIpc) is 2.76. The van der Waals surface area contributed by atoms with E-state index in [-0.39, 0.29) is 27.9 Å². The average molecular weight is 474 g/mol. The van der Waals surface area contributed by atoms with Crippen molar-refractivity contribution in [1.82, 2.24) is 15.4 Å². The summed E-state index contributed by atoms with van der Waals surface area (Å²) in [6, 6.07) is 9.95. The Balaban J connectivity index is 1.71. The molecule has 2 aromatic carbocycles. The number of aryl methyl sites for hydroxylation is 1. The maximum Gasteiger partial charge on any atom is 0.280 e. The number of carbonyl (C=O) groups is 1. The van der Waals surface area contributed by atoms with Crippen molar-refractivity contribution in [3.05, 3.63) is 70.5 Å². The number of benzene rings is 2. The second-order valence-corrected chi connectivity index (χ2v) is 7.76. The molecule has 0 aliphatic rings. The third-order valence-corrected chi connectivity index (χ3v) is 5.18. The molecule has 0 spiro atoms. The highest BCUT2D eigenvalue weighted by molar-refractivity contribution is 7.98. The molecule has 8 nitrogen and oxygen atoms in total. The Morgan fingerprint density at radius 3 is 2.58 bits per heavy atom. The van der Waals surface area contributed by atoms with Crippen molar-refractivity contribution in [2.75, 3.05) is 7.11 Å². The molecule has 1 heterocycles. The number of hydrogen-bond donors (Lipinski definition) is 3. The van der Waals surface area contributed by atoms with Gasteiger partial charge in [-0.2, -0.15) is 5.10 Å². The zero-order chi connectivity index (χ0) is 24.0. The van der Waals surface area contributed by atoms with Crippen LogP contribution < -0.4 is 10.2 Å². The minimum absolute atomic E-state index is 0.0396. The molecule has 0 saturated carbocycles. The van der Waals surface area contributed by atoms with E-state index in [9.17, 15) is 23.8 Å². The monoisotopic (exact) mass is 474 g/mol. The van der Waals surface area contributed by atoms with Gasteiger partial charge in [-0.3, -0.25) is 4.79 Å². The van der Waals surface area contributed by atoms with E-state index in [1.54, 1.807) is 25.1 Å². The second kappa shape index (κ2) is 10.7. The van der Waals surface area contributed by atoms with Crippen molar-refractivity contribution < 1.29 is 28.5 Å². The molecule has 0 aliphatic carbocycles. The van der Waals surface area contributed by atoms with Gasteiger partial charge in [0.05, 0.1) is 13.3 Å².